The maximum Gasteiger partial charge on any atom is 0.335 e. The molecule has 0 amide bonds. The molecule has 6 nitrogen and oxygen atoms in total. The molecule has 0 aromatic heterocycles. The summed E-state index contributed by atoms with van der Waals surface area (Å²) in [6.07, 6.45) is 5.33. The van der Waals surface area contributed by atoms with Gasteiger partial charge in [0, 0.05) is 13.2 Å². The van der Waals surface area contributed by atoms with Crippen LogP contribution in [-0.4, -0.2) is 45.6 Å². The Morgan fingerprint density at radius 2 is 1.06 bits per heavy atom. The first-order chi connectivity index (χ1) is 14.9. The number of benzene rings is 2. The number of rotatable bonds is 10. The largest absolute Gasteiger partial charge is 0.478 e. The zero-order valence-corrected chi connectivity index (χ0v) is 18.5. The van der Waals surface area contributed by atoms with Crippen LogP contribution in [0.25, 0.3) is 0 Å². The van der Waals surface area contributed by atoms with Crippen LogP contribution in [0.4, 0.5) is 0 Å². The lowest BCUT2D eigenvalue weighted by Gasteiger charge is -2.24. The fourth-order valence-electron chi connectivity index (χ4n) is 3.16. The molecule has 0 radical (unpaired) electrons. The van der Waals surface area contributed by atoms with Gasteiger partial charge in [-0.05, 0) is 48.9 Å². The summed E-state index contributed by atoms with van der Waals surface area (Å²) in [5.74, 6) is -0.844. The molecule has 0 fully saturated rings. The Labute approximate surface area is 185 Å². The van der Waals surface area contributed by atoms with Crippen molar-refractivity contribution in [3.8, 4) is 0 Å². The summed E-state index contributed by atoms with van der Waals surface area (Å²) < 4.78 is 0. The highest BCUT2D eigenvalue weighted by atomic mass is 16.4. The van der Waals surface area contributed by atoms with E-state index in [-0.39, 0.29) is 13.2 Å². The molecule has 2 unspecified atom stereocenters. The average Bonchev–Trinajstić information content (AvgIpc) is 2.79. The van der Waals surface area contributed by atoms with Gasteiger partial charge in [-0.15, -0.1) is 0 Å². The Kier molecular flexibility index (Phi) is 16.5. The SMILES string of the molecule is CCCC(CO)C(CCC)CCO.O=C(O)c1ccccc1.O=C(O)c1ccccc1. The van der Waals surface area contributed by atoms with Crippen molar-refractivity contribution in [2.45, 2.75) is 46.0 Å². The van der Waals surface area contributed by atoms with Crippen LogP contribution in [0, 0.1) is 11.8 Å². The molecule has 6 heteroatoms. The van der Waals surface area contributed by atoms with Gasteiger partial charge in [0.25, 0.3) is 0 Å². The molecule has 2 aromatic rings. The van der Waals surface area contributed by atoms with Gasteiger partial charge >= 0.3 is 11.9 Å². The number of aliphatic hydroxyl groups is 2. The first-order valence-electron chi connectivity index (χ1n) is 10.7. The van der Waals surface area contributed by atoms with E-state index in [1.807, 2.05) is 0 Å². The topological polar surface area (TPSA) is 115 Å². The predicted octanol–water partition coefficient (Wildman–Crippen LogP) is 4.96. The highest BCUT2D eigenvalue weighted by Crippen LogP contribution is 2.24. The smallest absolute Gasteiger partial charge is 0.335 e. The third-order valence-electron chi connectivity index (χ3n) is 4.76. The van der Waals surface area contributed by atoms with Gasteiger partial charge in [-0.25, -0.2) is 9.59 Å². The second kappa shape index (κ2) is 18.1. The van der Waals surface area contributed by atoms with E-state index in [4.69, 9.17) is 15.3 Å². The summed E-state index contributed by atoms with van der Waals surface area (Å²) in [4.78, 5) is 20.4. The third-order valence-corrected chi connectivity index (χ3v) is 4.76. The normalized spacial score (nSPS) is 11.7. The Morgan fingerprint density at radius 3 is 1.32 bits per heavy atom. The van der Waals surface area contributed by atoms with Crippen LogP contribution in [0.2, 0.25) is 0 Å². The van der Waals surface area contributed by atoms with E-state index in [1.165, 1.54) is 0 Å². The van der Waals surface area contributed by atoms with Crippen LogP contribution < -0.4 is 0 Å². The minimum absolute atomic E-state index is 0.255. The summed E-state index contributed by atoms with van der Waals surface area (Å²) in [6.45, 7) is 4.83. The molecule has 172 valence electrons. The van der Waals surface area contributed by atoms with Crippen molar-refractivity contribution in [2.24, 2.45) is 11.8 Å². The molecule has 0 saturated carbocycles. The minimum Gasteiger partial charge on any atom is -0.478 e. The summed E-state index contributed by atoms with van der Waals surface area (Å²) >= 11 is 0. The van der Waals surface area contributed by atoms with E-state index in [2.05, 4.69) is 13.8 Å². The highest BCUT2D eigenvalue weighted by Gasteiger charge is 2.18. The van der Waals surface area contributed by atoms with Crippen molar-refractivity contribution in [3.05, 3.63) is 71.8 Å². The fourth-order valence-corrected chi connectivity index (χ4v) is 3.16. The highest BCUT2D eigenvalue weighted by molar-refractivity contribution is 5.87. The van der Waals surface area contributed by atoms with Gasteiger partial charge in [0.1, 0.15) is 0 Å². The third kappa shape index (κ3) is 13.3. The molecule has 0 aliphatic carbocycles. The van der Waals surface area contributed by atoms with Gasteiger partial charge in [0.05, 0.1) is 11.1 Å². The quantitative estimate of drug-likeness (QED) is 0.422. The van der Waals surface area contributed by atoms with Crippen molar-refractivity contribution in [2.75, 3.05) is 13.2 Å². The number of carbonyl (C=O) groups is 2. The Bertz CT molecular complexity index is 647. The zero-order chi connectivity index (χ0) is 23.5. The number of aliphatic hydroxyl groups excluding tert-OH is 2. The Balaban J connectivity index is 0.000000445. The van der Waals surface area contributed by atoms with E-state index in [1.54, 1.807) is 60.7 Å². The van der Waals surface area contributed by atoms with E-state index < -0.39 is 11.9 Å². The summed E-state index contributed by atoms with van der Waals surface area (Å²) in [6, 6.07) is 16.6. The molecule has 0 spiro atoms. The fraction of sp³-hybridized carbons (Fsp3) is 0.440. The zero-order valence-electron chi connectivity index (χ0n) is 18.5. The van der Waals surface area contributed by atoms with Crippen LogP contribution in [-0.2, 0) is 0 Å². The van der Waals surface area contributed by atoms with Crippen molar-refractivity contribution >= 4 is 11.9 Å². The number of carboxylic acids is 2. The van der Waals surface area contributed by atoms with Crippen LogP contribution >= 0.6 is 0 Å². The number of hydrogen-bond donors (Lipinski definition) is 4. The van der Waals surface area contributed by atoms with E-state index >= 15 is 0 Å². The summed E-state index contributed by atoms with van der Waals surface area (Å²) in [7, 11) is 0. The lowest BCUT2D eigenvalue weighted by molar-refractivity contribution is 0.0686. The average molecular weight is 433 g/mol. The number of hydrogen-bond acceptors (Lipinski definition) is 4. The van der Waals surface area contributed by atoms with Crippen LogP contribution in [0.3, 0.4) is 0 Å². The van der Waals surface area contributed by atoms with E-state index in [0.29, 0.717) is 23.0 Å². The van der Waals surface area contributed by atoms with Gasteiger partial charge in [0.15, 0.2) is 0 Å². The van der Waals surface area contributed by atoms with Crippen molar-refractivity contribution in [3.63, 3.8) is 0 Å². The molecule has 0 heterocycles. The molecule has 0 aliphatic heterocycles. The van der Waals surface area contributed by atoms with Crippen molar-refractivity contribution in [1.82, 2.24) is 0 Å². The monoisotopic (exact) mass is 432 g/mol. The molecular formula is C25H36O6. The second-order valence-electron chi connectivity index (χ2n) is 7.13. The van der Waals surface area contributed by atoms with Gasteiger partial charge in [-0.2, -0.15) is 0 Å². The molecular weight excluding hydrogens is 396 g/mol. The Morgan fingerprint density at radius 1 is 0.677 bits per heavy atom. The van der Waals surface area contributed by atoms with Crippen LogP contribution in [0.15, 0.2) is 60.7 Å². The molecule has 2 rings (SSSR count). The molecule has 4 N–H and O–H groups in total. The van der Waals surface area contributed by atoms with Gasteiger partial charge < -0.3 is 20.4 Å². The molecule has 2 aromatic carbocycles. The molecule has 0 saturated heterocycles. The first-order valence-corrected chi connectivity index (χ1v) is 10.7. The number of carboxylic acid groups (broad SMARTS) is 2. The van der Waals surface area contributed by atoms with Crippen LogP contribution in [0.5, 0.6) is 0 Å². The first kappa shape index (κ1) is 28.3. The van der Waals surface area contributed by atoms with Gasteiger partial charge in [-0.1, -0.05) is 69.5 Å². The molecule has 31 heavy (non-hydrogen) atoms. The predicted molar refractivity (Wildman–Crippen MR) is 122 cm³/mol. The molecule has 0 bridgehead atoms. The maximum atomic E-state index is 10.2. The molecule has 2 atom stereocenters. The van der Waals surface area contributed by atoms with Crippen LogP contribution in [0.1, 0.15) is 66.7 Å². The standard InChI is InChI=1S/C11H24O2.2C7H6O2/c1-3-5-10(7-8-12)11(9-13)6-4-2;2*8-7(9)6-4-2-1-3-5-6/h10-13H,3-9H2,1-2H3;2*1-5H,(H,8,9). The van der Waals surface area contributed by atoms with Gasteiger partial charge in [0.2, 0.25) is 0 Å². The Hall–Kier alpha value is -2.70. The van der Waals surface area contributed by atoms with E-state index in [0.717, 1.165) is 32.1 Å². The van der Waals surface area contributed by atoms with Crippen molar-refractivity contribution < 1.29 is 30.0 Å². The minimum atomic E-state index is -0.879. The number of aromatic carboxylic acids is 2. The summed E-state index contributed by atoms with van der Waals surface area (Å²) in [5.41, 5.74) is 0.662. The lowest BCUT2D eigenvalue weighted by atomic mass is 9.84. The molecule has 0 aliphatic rings. The van der Waals surface area contributed by atoms with Crippen molar-refractivity contribution in [1.29, 1.82) is 0 Å². The van der Waals surface area contributed by atoms with E-state index in [9.17, 15) is 14.7 Å². The second-order valence-corrected chi connectivity index (χ2v) is 7.13. The maximum absolute atomic E-state index is 10.2. The van der Waals surface area contributed by atoms with Gasteiger partial charge in [-0.3, -0.25) is 0 Å². The lowest BCUT2D eigenvalue weighted by Crippen LogP contribution is -2.19. The summed E-state index contributed by atoms with van der Waals surface area (Å²) in [5, 5.41) is 34.9.